The quantitative estimate of drug-likeness (QED) is 0.555. The Morgan fingerprint density at radius 3 is 2.06 bits per heavy atom. The van der Waals surface area contributed by atoms with E-state index in [4.69, 9.17) is 4.55 Å². The first-order valence-corrected chi connectivity index (χ1v) is 7.92. The van der Waals surface area contributed by atoms with Gasteiger partial charge in [-0.3, -0.25) is 8.74 Å². The molecule has 0 saturated heterocycles. The zero-order valence-corrected chi connectivity index (χ0v) is 11.0. The van der Waals surface area contributed by atoms with Crippen molar-refractivity contribution >= 4 is 20.2 Å². The van der Waals surface area contributed by atoms with Crippen molar-refractivity contribution in [2.24, 2.45) is 0 Å². The van der Waals surface area contributed by atoms with Gasteiger partial charge < -0.3 is 0 Å². The summed E-state index contributed by atoms with van der Waals surface area (Å²) >= 11 is 0. The maximum absolute atomic E-state index is 11.9. The van der Waals surface area contributed by atoms with E-state index in [1.807, 2.05) is 0 Å². The Labute approximate surface area is 103 Å². The molecule has 0 aliphatic heterocycles. The van der Waals surface area contributed by atoms with Gasteiger partial charge in [-0.2, -0.15) is 30.0 Å². The normalized spacial score (nSPS) is 15.6. The van der Waals surface area contributed by atoms with E-state index in [-0.39, 0.29) is 0 Å². The summed E-state index contributed by atoms with van der Waals surface area (Å²) in [5.41, 5.74) is 0. The second-order valence-corrected chi connectivity index (χ2v) is 6.92. The number of halogens is 3. The van der Waals surface area contributed by atoms with E-state index in [0.717, 1.165) is 6.92 Å². The SMILES string of the molecule is CC(CC(F)(F)F)OS(=O)(=O)CCCS(=O)(=O)O. The van der Waals surface area contributed by atoms with Crippen molar-refractivity contribution in [3.63, 3.8) is 0 Å². The fourth-order valence-corrected chi connectivity index (χ4v) is 2.93. The fourth-order valence-electron chi connectivity index (χ4n) is 1.08. The van der Waals surface area contributed by atoms with Gasteiger partial charge in [-0.05, 0) is 13.3 Å². The van der Waals surface area contributed by atoms with Crippen LogP contribution in [0.1, 0.15) is 19.8 Å². The Morgan fingerprint density at radius 1 is 1.17 bits per heavy atom. The third kappa shape index (κ3) is 10.7. The van der Waals surface area contributed by atoms with Crippen LogP contribution >= 0.6 is 0 Å². The molecule has 0 aromatic carbocycles. The lowest BCUT2D eigenvalue weighted by atomic mass is 10.3. The molecule has 0 aliphatic carbocycles. The van der Waals surface area contributed by atoms with Crippen molar-refractivity contribution < 1.29 is 38.7 Å². The Morgan fingerprint density at radius 2 is 1.67 bits per heavy atom. The molecule has 0 fully saturated rings. The molecular weight excluding hydrogens is 301 g/mol. The van der Waals surface area contributed by atoms with E-state index in [0.29, 0.717) is 0 Å². The lowest BCUT2D eigenvalue weighted by Gasteiger charge is -2.14. The van der Waals surface area contributed by atoms with Crippen molar-refractivity contribution in [1.29, 1.82) is 0 Å². The van der Waals surface area contributed by atoms with Crippen LogP contribution in [0.3, 0.4) is 0 Å². The van der Waals surface area contributed by atoms with Crippen molar-refractivity contribution in [2.45, 2.75) is 32.0 Å². The molecule has 0 heterocycles. The first-order valence-electron chi connectivity index (χ1n) is 4.74. The van der Waals surface area contributed by atoms with E-state index in [9.17, 15) is 30.0 Å². The van der Waals surface area contributed by atoms with Crippen molar-refractivity contribution in [2.75, 3.05) is 11.5 Å². The zero-order valence-electron chi connectivity index (χ0n) is 9.34. The molecule has 0 spiro atoms. The van der Waals surface area contributed by atoms with Gasteiger partial charge in [-0.25, -0.2) is 0 Å². The number of alkyl halides is 3. The summed E-state index contributed by atoms with van der Waals surface area (Å²) in [5, 5.41) is 0. The third-order valence-electron chi connectivity index (χ3n) is 1.63. The van der Waals surface area contributed by atoms with E-state index < -0.39 is 56.9 Å². The van der Waals surface area contributed by atoms with Gasteiger partial charge >= 0.3 is 6.18 Å². The first kappa shape index (κ1) is 17.6. The van der Waals surface area contributed by atoms with Crippen LogP contribution in [0.25, 0.3) is 0 Å². The molecule has 1 N–H and O–H groups in total. The topological polar surface area (TPSA) is 97.7 Å². The summed E-state index contributed by atoms with van der Waals surface area (Å²) < 4.78 is 91.1. The van der Waals surface area contributed by atoms with Crippen LogP contribution in [-0.2, 0) is 24.4 Å². The van der Waals surface area contributed by atoms with Gasteiger partial charge in [-0.15, -0.1) is 0 Å². The van der Waals surface area contributed by atoms with Gasteiger partial charge in [-0.1, -0.05) is 0 Å². The van der Waals surface area contributed by atoms with Crippen LogP contribution in [0.4, 0.5) is 13.2 Å². The molecule has 0 aromatic heterocycles. The van der Waals surface area contributed by atoms with E-state index in [1.165, 1.54) is 0 Å². The van der Waals surface area contributed by atoms with Crippen LogP contribution in [0, 0.1) is 0 Å². The highest BCUT2D eigenvalue weighted by Gasteiger charge is 2.32. The molecule has 0 bridgehead atoms. The molecule has 0 rings (SSSR count). The number of hydrogen-bond donors (Lipinski definition) is 1. The number of rotatable bonds is 7. The second kappa shape index (κ2) is 6.17. The average Bonchev–Trinajstić information content (AvgIpc) is 1.93. The Bertz CT molecular complexity index is 452. The van der Waals surface area contributed by atoms with Crippen molar-refractivity contribution in [3.8, 4) is 0 Å². The molecule has 0 saturated carbocycles. The molecule has 11 heteroatoms. The predicted octanol–water partition coefficient (Wildman–Crippen LogP) is 0.952. The number of hydrogen-bond acceptors (Lipinski definition) is 5. The minimum atomic E-state index is -4.55. The van der Waals surface area contributed by atoms with Gasteiger partial charge in [0.15, 0.2) is 0 Å². The summed E-state index contributed by atoms with van der Waals surface area (Å²) in [6.45, 7) is 0.938. The maximum Gasteiger partial charge on any atom is 0.391 e. The Hall–Kier alpha value is -0.390. The molecule has 110 valence electrons. The van der Waals surface area contributed by atoms with Crippen LogP contribution in [0.2, 0.25) is 0 Å². The molecule has 0 aromatic rings. The van der Waals surface area contributed by atoms with E-state index in [2.05, 4.69) is 4.18 Å². The molecule has 0 aliphatic rings. The molecule has 18 heavy (non-hydrogen) atoms. The molecule has 0 amide bonds. The Kier molecular flexibility index (Phi) is 6.04. The second-order valence-electron chi connectivity index (χ2n) is 3.63. The predicted molar refractivity (Wildman–Crippen MR) is 56.0 cm³/mol. The lowest BCUT2D eigenvalue weighted by molar-refractivity contribution is -0.148. The van der Waals surface area contributed by atoms with Gasteiger partial charge in [0.05, 0.1) is 24.0 Å². The Balaban J connectivity index is 4.24. The summed E-state index contributed by atoms with van der Waals surface area (Å²) in [5.74, 6) is -1.59. The first-order chi connectivity index (χ1) is 7.81. The summed E-state index contributed by atoms with van der Waals surface area (Å²) in [7, 11) is -8.56. The third-order valence-corrected chi connectivity index (χ3v) is 3.84. The fraction of sp³-hybridized carbons (Fsp3) is 1.00. The van der Waals surface area contributed by atoms with Crippen LogP contribution in [-0.4, -0.2) is 45.2 Å². The standard InChI is InChI=1S/C7H13F3O6S2/c1-6(5-7(8,9)10)16-18(14,15)4-2-3-17(11,12)13/h6H,2-5H2,1H3,(H,11,12,13). The van der Waals surface area contributed by atoms with E-state index >= 15 is 0 Å². The molecular formula is C7H13F3O6S2. The van der Waals surface area contributed by atoms with Gasteiger partial charge in [0.2, 0.25) is 0 Å². The minimum Gasteiger partial charge on any atom is -0.286 e. The molecule has 1 atom stereocenters. The zero-order chi connectivity index (χ0) is 14.6. The van der Waals surface area contributed by atoms with Gasteiger partial charge in [0, 0.05) is 0 Å². The smallest absolute Gasteiger partial charge is 0.286 e. The monoisotopic (exact) mass is 314 g/mol. The van der Waals surface area contributed by atoms with Crippen molar-refractivity contribution in [1.82, 2.24) is 0 Å². The molecule has 0 radical (unpaired) electrons. The van der Waals surface area contributed by atoms with Gasteiger partial charge in [0.1, 0.15) is 0 Å². The highest BCUT2D eigenvalue weighted by atomic mass is 32.2. The van der Waals surface area contributed by atoms with E-state index in [1.54, 1.807) is 0 Å². The maximum atomic E-state index is 11.9. The summed E-state index contributed by atoms with van der Waals surface area (Å²) in [6.07, 6.45) is -8.02. The van der Waals surface area contributed by atoms with Crippen LogP contribution in [0.15, 0.2) is 0 Å². The summed E-state index contributed by atoms with van der Waals surface area (Å²) in [4.78, 5) is 0. The van der Waals surface area contributed by atoms with Crippen LogP contribution in [0.5, 0.6) is 0 Å². The highest BCUT2D eigenvalue weighted by molar-refractivity contribution is 7.87. The minimum absolute atomic E-state index is 0.458. The molecule has 1 unspecified atom stereocenters. The van der Waals surface area contributed by atoms with Gasteiger partial charge in [0.25, 0.3) is 20.2 Å². The lowest BCUT2D eigenvalue weighted by Crippen LogP contribution is -2.24. The average molecular weight is 314 g/mol. The summed E-state index contributed by atoms with van der Waals surface area (Å²) in [6, 6.07) is 0. The van der Waals surface area contributed by atoms with Crippen molar-refractivity contribution in [3.05, 3.63) is 0 Å². The largest absolute Gasteiger partial charge is 0.391 e. The molecule has 6 nitrogen and oxygen atoms in total. The van der Waals surface area contributed by atoms with Crippen LogP contribution < -0.4 is 0 Å². The highest BCUT2D eigenvalue weighted by Crippen LogP contribution is 2.23.